The van der Waals surface area contributed by atoms with E-state index >= 15 is 0 Å². The summed E-state index contributed by atoms with van der Waals surface area (Å²) >= 11 is 1.29. The maximum Gasteiger partial charge on any atom is 0.316 e. The van der Waals surface area contributed by atoms with Crippen LogP contribution in [0.2, 0.25) is 0 Å². The van der Waals surface area contributed by atoms with Gasteiger partial charge in [0, 0.05) is 29.1 Å². The van der Waals surface area contributed by atoms with Gasteiger partial charge in [0.1, 0.15) is 11.1 Å². The van der Waals surface area contributed by atoms with Gasteiger partial charge in [-0.15, -0.1) is 11.8 Å². The van der Waals surface area contributed by atoms with Crippen molar-refractivity contribution in [2.45, 2.75) is 23.5 Å². The highest BCUT2D eigenvalue weighted by Gasteiger charge is 2.15. The van der Waals surface area contributed by atoms with Gasteiger partial charge in [-0.05, 0) is 35.6 Å². The van der Waals surface area contributed by atoms with Gasteiger partial charge in [-0.3, -0.25) is 9.78 Å². The molecule has 1 N–H and O–H groups in total. The summed E-state index contributed by atoms with van der Waals surface area (Å²) in [5, 5.41) is 10.0. The standard InChI is InChI=1S/C19H16FNO2S/c1-12(19(22)23)24-18-8-9-21-11-14(18)10-13-6-7-17(20)16-5-3-2-4-15(13)16/h2-9,11-12H,10H2,1H3,(H,22,23). The van der Waals surface area contributed by atoms with Crippen molar-refractivity contribution in [2.24, 2.45) is 0 Å². The van der Waals surface area contributed by atoms with Gasteiger partial charge in [-0.25, -0.2) is 4.39 Å². The smallest absolute Gasteiger partial charge is 0.316 e. The van der Waals surface area contributed by atoms with Crippen molar-refractivity contribution >= 4 is 28.5 Å². The molecule has 0 amide bonds. The average molecular weight is 341 g/mol. The monoisotopic (exact) mass is 341 g/mol. The van der Waals surface area contributed by atoms with Crippen LogP contribution in [-0.4, -0.2) is 21.3 Å². The van der Waals surface area contributed by atoms with Gasteiger partial charge in [0.15, 0.2) is 0 Å². The number of pyridine rings is 1. The zero-order valence-electron chi connectivity index (χ0n) is 13.1. The summed E-state index contributed by atoms with van der Waals surface area (Å²) < 4.78 is 14.0. The van der Waals surface area contributed by atoms with Crippen LogP contribution in [0.25, 0.3) is 10.8 Å². The fraction of sp³-hybridized carbons (Fsp3) is 0.158. The molecular formula is C19H16FNO2S. The Kier molecular flexibility index (Phi) is 4.81. The van der Waals surface area contributed by atoms with Crippen molar-refractivity contribution in [3.8, 4) is 0 Å². The number of aliphatic carboxylic acids is 1. The number of hydrogen-bond acceptors (Lipinski definition) is 3. The second-order valence-corrected chi connectivity index (χ2v) is 6.89. The van der Waals surface area contributed by atoms with Crippen molar-refractivity contribution in [1.29, 1.82) is 0 Å². The number of carbonyl (C=O) groups is 1. The van der Waals surface area contributed by atoms with E-state index in [1.54, 1.807) is 31.5 Å². The minimum atomic E-state index is -0.852. The zero-order chi connectivity index (χ0) is 17.1. The highest BCUT2D eigenvalue weighted by Crippen LogP contribution is 2.30. The number of aromatic nitrogens is 1. The van der Waals surface area contributed by atoms with Gasteiger partial charge in [0.2, 0.25) is 0 Å². The molecule has 1 aromatic heterocycles. The summed E-state index contributed by atoms with van der Waals surface area (Å²) in [6, 6.07) is 12.4. The van der Waals surface area contributed by atoms with Gasteiger partial charge in [0.05, 0.1) is 0 Å². The van der Waals surface area contributed by atoms with Crippen LogP contribution in [0, 0.1) is 5.82 Å². The molecule has 5 heteroatoms. The minimum absolute atomic E-state index is 0.241. The van der Waals surface area contributed by atoms with Crippen LogP contribution in [0.3, 0.4) is 0 Å². The van der Waals surface area contributed by atoms with E-state index < -0.39 is 11.2 Å². The fourth-order valence-electron chi connectivity index (χ4n) is 2.59. The second kappa shape index (κ2) is 7.01. The summed E-state index contributed by atoms with van der Waals surface area (Å²) in [7, 11) is 0. The Morgan fingerprint density at radius 1 is 1.17 bits per heavy atom. The topological polar surface area (TPSA) is 50.2 Å². The Labute approximate surface area is 143 Å². The molecule has 1 atom stereocenters. The molecule has 3 nitrogen and oxygen atoms in total. The molecule has 24 heavy (non-hydrogen) atoms. The molecule has 1 heterocycles. The summed E-state index contributed by atoms with van der Waals surface area (Å²) in [6.45, 7) is 1.66. The molecule has 0 aliphatic heterocycles. The first-order valence-electron chi connectivity index (χ1n) is 7.54. The van der Waals surface area contributed by atoms with Crippen LogP contribution in [0.15, 0.2) is 59.8 Å². The first-order chi connectivity index (χ1) is 11.6. The highest BCUT2D eigenvalue weighted by molar-refractivity contribution is 8.00. The molecule has 0 spiro atoms. The van der Waals surface area contributed by atoms with Crippen LogP contribution in [0.1, 0.15) is 18.1 Å². The van der Waals surface area contributed by atoms with Gasteiger partial charge in [0.25, 0.3) is 0 Å². The largest absolute Gasteiger partial charge is 0.480 e. The SMILES string of the molecule is CC(Sc1ccncc1Cc1ccc(F)c2ccccc12)C(=O)O. The Bertz CT molecular complexity index is 897. The third-order valence-corrected chi connectivity index (χ3v) is 5.06. The molecule has 3 rings (SSSR count). The Morgan fingerprint density at radius 2 is 1.92 bits per heavy atom. The number of benzene rings is 2. The quantitative estimate of drug-likeness (QED) is 0.693. The van der Waals surface area contributed by atoms with E-state index in [0.717, 1.165) is 21.4 Å². The number of rotatable bonds is 5. The first kappa shape index (κ1) is 16.5. The number of carboxylic acids is 1. The van der Waals surface area contributed by atoms with E-state index in [-0.39, 0.29) is 5.82 Å². The molecule has 0 radical (unpaired) electrons. The summed E-state index contributed by atoms with van der Waals surface area (Å²) in [4.78, 5) is 16.1. The lowest BCUT2D eigenvalue weighted by molar-refractivity contribution is -0.136. The second-order valence-electron chi connectivity index (χ2n) is 5.51. The zero-order valence-corrected chi connectivity index (χ0v) is 13.9. The van der Waals surface area contributed by atoms with E-state index in [0.29, 0.717) is 11.8 Å². The van der Waals surface area contributed by atoms with Crippen molar-refractivity contribution in [2.75, 3.05) is 0 Å². The van der Waals surface area contributed by atoms with Crippen molar-refractivity contribution in [3.63, 3.8) is 0 Å². The molecule has 0 fully saturated rings. The van der Waals surface area contributed by atoms with Gasteiger partial charge in [-0.2, -0.15) is 0 Å². The Morgan fingerprint density at radius 3 is 2.67 bits per heavy atom. The summed E-state index contributed by atoms with van der Waals surface area (Å²) in [5.74, 6) is -1.09. The van der Waals surface area contributed by atoms with Crippen LogP contribution in [0.5, 0.6) is 0 Å². The lowest BCUT2D eigenvalue weighted by atomic mass is 9.99. The molecule has 0 bridgehead atoms. The summed E-state index contributed by atoms with van der Waals surface area (Å²) in [5.41, 5.74) is 1.93. The number of hydrogen-bond donors (Lipinski definition) is 1. The highest BCUT2D eigenvalue weighted by atomic mass is 32.2. The molecule has 0 saturated heterocycles. The van der Waals surface area contributed by atoms with Crippen LogP contribution >= 0.6 is 11.8 Å². The summed E-state index contributed by atoms with van der Waals surface area (Å²) in [6.07, 6.45) is 3.97. The predicted octanol–water partition coefficient (Wildman–Crippen LogP) is 4.53. The first-order valence-corrected chi connectivity index (χ1v) is 8.42. The van der Waals surface area contributed by atoms with E-state index in [4.69, 9.17) is 5.11 Å². The third-order valence-electron chi connectivity index (χ3n) is 3.85. The molecule has 2 aromatic carbocycles. The molecule has 1 unspecified atom stereocenters. The van der Waals surface area contributed by atoms with E-state index in [1.165, 1.54) is 17.8 Å². The number of halogens is 1. The van der Waals surface area contributed by atoms with Crippen molar-refractivity contribution in [3.05, 3.63) is 71.8 Å². The van der Waals surface area contributed by atoms with Crippen LogP contribution in [0.4, 0.5) is 4.39 Å². The van der Waals surface area contributed by atoms with E-state index in [1.807, 2.05) is 24.3 Å². The number of fused-ring (bicyclic) bond motifs is 1. The molecule has 3 aromatic rings. The maximum atomic E-state index is 14.0. The molecule has 0 aliphatic carbocycles. The molecule has 0 saturated carbocycles. The predicted molar refractivity (Wildman–Crippen MR) is 93.9 cm³/mol. The lowest BCUT2D eigenvalue weighted by Gasteiger charge is -2.13. The van der Waals surface area contributed by atoms with Gasteiger partial charge < -0.3 is 5.11 Å². The van der Waals surface area contributed by atoms with Crippen molar-refractivity contribution in [1.82, 2.24) is 4.98 Å². The Balaban J connectivity index is 1.98. The number of nitrogens with zero attached hydrogens (tertiary/aromatic N) is 1. The maximum absolute atomic E-state index is 14.0. The lowest BCUT2D eigenvalue weighted by Crippen LogP contribution is -2.11. The molecule has 122 valence electrons. The van der Waals surface area contributed by atoms with E-state index in [9.17, 15) is 9.18 Å². The average Bonchev–Trinajstić information content (AvgIpc) is 2.59. The minimum Gasteiger partial charge on any atom is -0.480 e. The normalized spacial score (nSPS) is 12.2. The number of thioether (sulfide) groups is 1. The van der Waals surface area contributed by atoms with Crippen LogP contribution in [-0.2, 0) is 11.2 Å². The van der Waals surface area contributed by atoms with Gasteiger partial charge >= 0.3 is 5.97 Å². The molecular weight excluding hydrogens is 325 g/mol. The Hall–Kier alpha value is -2.40. The fourth-order valence-corrected chi connectivity index (χ4v) is 3.48. The van der Waals surface area contributed by atoms with Gasteiger partial charge in [-0.1, -0.05) is 30.3 Å². The molecule has 0 aliphatic rings. The van der Waals surface area contributed by atoms with E-state index in [2.05, 4.69) is 4.98 Å². The third kappa shape index (κ3) is 3.41. The number of carboxylic acid groups (broad SMARTS) is 1. The van der Waals surface area contributed by atoms with Crippen LogP contribution < -0.4 is 0 Å². The van der Waals surface area contributed by atoms with Crippen molar-refractivity contribution < 1.29 is 14.3 Å².